The fraction of sp³-hybridized carbons (Fsp3) is 0.500. The zero-order valence-corrected chi connectivity index (χ0v) is 20.4. The van der Waals surface area contributed by atoms with Crippen LogP contribution >= 0.6 is 24.8 Å². The number of hydrogen-bond acceptors (Lipinski definition) is 5. The zero-order valence-electron chi connectivity index (χ0n) is 18.8. The molecule has 0 amide bonds. The number of ether oxygens (including phenoxy) is 3. The van der Waals surface area contributed by atoms with Crippen molar-refractivity contribution >= 4 is 24.8 Å². The van der Waals surface area contributed by atoms with Crippen molar-refractivity contribution < 1.29 is 14.2 Å². The van der Waals surface area contributed by atoms with E-state index in [1.807, 2.05) is 24.3 Å². The first-order valence-corrected chi connectivity index (χ1v) is 10.6. The standard InChI is InChI=1S/C24H34N2O3.2ClH/c1-4-5-11-21(26-14-12-25-13-15-26)20-16-23(27-2)24(28-3)17-22(20)29-18-19-9-7-6-8-10-19;;/h6-10,16-17,21,25H,4-5,11-15,18H2,1-3H3;2*1H/t21-;;/m0../s1. The Bertz CT molecular complexity index is 756. The van der Waals surface area contributed by atoms with Crippen LogP contribution in [0, 0.1) is 0 Å². The van der Waals surface area contributed by atoms with Crippen LogP contribution in [0.3, 0.4) is 0 Å². The summed E-state index contributed by atoms with van der Waals surface area (Å²) in [6.45, 7) is 6.91. The smallest absolute Gasteiger partial charge is 0.164 e. The lowest BCUT2D eigenvalue weighted by Gasteiger charge is -2.36. The van der Waals surface area contributed by atoms with Gasteiger partial charge in [-0.15, -0.1) is 24.8 Å². The van der Waals surface area contributed by atoms with Crippen LogP contribution in [0.5, 0.6) is 17.2 Å². The second-order valence-electron chi connectivity index (χ2n) is 7.46. The molecule has 0 aromatic heterocycles. The van der Waals surface area contributed by atoms with E-state index in [4.69, 9.17) is 14.2 Å². The molecule has 1 aliphatic rings. The maximum Gasteiger partial charge on any atom is 0.164 e. The Labute approximate surface area is 199 Å². The van der Waals surface area contributed by atoms with E-state index in [1.54, 1.807) is 14.2 Å². The van der Waals surface area contributed by atoms with Gasteiger partial charge in [-0.1, -0.05) is 50.1 Å². The monoisotopic (exact) mass is 470 g/mol. The predicted molar refractivity (Wildman–Crippen MR) is 132 cm³/mol. The minimum Gasteiger partial charge on any atom is -0.493 e. The maximum absolute atomic E-state index is 6.34. The lowest BCUT2D eigenvalue weighted by atomic mass is 9.97. The van der Waals surface area contributed by atoms with Gasteiger partial charge in [0.05, 0.1) is 14.2 Å². The van der Waals surface area contributed by atoms with Crippen molar-refractivity contribution in [3.63, 3.8) is 0 Å². The molecule has 0 unspecified atom stereocenters. The summed E-state index contributed by atoms with van der Waals surface area (Å²) >= 11 is 0. The van der Waals surface area contributed by atoms with Gasteiger partial charge in [0, 0.05) is 43.9 Å². The number of nitrogens with zero attached hydrogens (tertiary/aromatic N) is 1. The lowest BCUT2D eigenvalue weighted by molar-refractivity contribution is 0.158. The summed E-state index contributed by atoms with van der Waals surface area (Å²) < 4.78 is 17.5. The number of nitrogens with one attached hydrogen (secondary N) is 1. The minimum atomic E-state index is 0. The van der Waals surface area contributed by atoms with Crippen LogP contribution in [0.1, 0.15) is 43.4 Å². The van der Waals surface area contributed by atoms with Crippen molar-refractivity contribution in [2.45, 2.75) is 38.8 Å². The fourth-order valence-corrected chi connectivity index (χ4v) is 3.92. The topological polar surface area (TPSA) is 43.0 Å². The molecule has 0 spiro atoms. The van der Waals surface area contributed by atoms with Crippen LogP contribution < -0.4 is 19.5 Å². The van der Waals surface area contributed by atoms with E-state index in [0.29, 0.717) is 18.4 Å². The number of halogens is 2. The van der Waals surface area contributed by atoms with E-state index in [9.17, 15) is 0 Å². The molecule has 174 valence electrons. The first-order valence-electron chi connectivity index (χ1n) is 10.6. The third kappa shape index (κ3) is 7.46. The fourth-order valence-electron chi connectivity index (χ4n) is 3.92. The van der Waals surface area contributed by atoms with E-state index < -0.39 is 0 Å². The van der Waals surface area contributed by atoms with Crippen LogP contribution in [0.4, 0.5) is 0 Å². The van der Waals surface area contributed by atoms with E-state index in [2.05, 4.69) is 35.3 Å². The molecule has 0 bridgehead atoms. The van der Waals surface area contributed by atoms with Gasteiger partial charge in [-0.2, -0.15) is 0 Å². The second kappa shape index (κ2) is 14.4. The normalized spacial score (nSPS) is 14.7. The Morgan fingerprint density at radius 3 is 2.19 bits per heavy atom. The molecule has 0 aliphatic carbocycles. The molecule has 0 saturated carbocycles. The summed E-state index contributed by atoms with van der Waals surface area (Å²) in [5.74, 6) is 2.34. The van der Waals surface area contributed by atoms with Gasteiger partial charge in [0.1, 0.15) is 12.4 Å². The average molecular weight is 471 g/mol. The van der Waals surface area contributed by atoms with Crippen LogP contribution in [0.2, 0.25) is 0 Å². The summed E-state index contributed by atoms with van der Waals surface area (Å²) in [5.41, 5.74) is 2.34. The van der Waals surface area contributed by atoms with Gasteiger partial charge < -0.3 is 19.5 Å². The van der Waals surface area contributed by atoms with Gasteiger partial charge in [0.25, 0.3) is 0 Å². The molecule has 2 aromatic carbocycles. The Morgan fingerprint density at radius 2 is 1.58 bits per heavy atom. The first kappa shape index (κ1) is 27.4. The quantitative estimate of drug-likeness (QED) is 0.512. The van der Waals surface area contributed by atoms with Gasteiger partial charge >= 0.3 is 0 Å². The number of rotatable bonds is 10. The number of benzene rings is 2. The van der Waals surface area contributed by atoms with Crippen molar-refractivity contribution in [3.05, 3.63) is 53.6 Å². The maximum atomic E-state index is 6.34. The SMILES string of the molecule is CCCC[C@@H](c1cc(OC)c(OC)cc1OCc1ccccc1)N1CCNCC1.Cl.Cl. The molecule has 0 radical (unpaired) electrons. The van der Waals surface area contributed by atoms with Crippen LogP contribution in [0.25, 0.3) is 0 Å². The molecule has 7 heteroatoms. The van der Waals surface area contributed by atoms with Crippen molar-refractivity contribution in [2.75, 3.05) is 40.4 Å². The molecule has 1 saturated heterocycles. The highest BCUT2D eigenvalue weighted by atomic mass is 35.5. The van der Waals surface area contributed by atoms with E-state index in [0.717, 1.165) is 49.7 Å². The van der Waals surface area contributed by atoms with Crippen LogP contribution in [-0.4, -0.2) is 45.3 Å². The van der Waals surface area contributed by atoms with Crippen LogP contribution in [-0.2, 0) is 6.61 Å². The van der Waals surface area contributed by atoms with E-state index >= 15 is 0 Å². The number of hydrogen-bond donors (Lipinski definition) is 1. The summed E-state index contributed by atoms with van der Waals surface area (Å²) in [6, 6.07) is 14.7. The molecule has 1 aliphatic heterocycles. The van der Waals surface area contributed by atoms with E-state index in [1.165, 1.54) is 18.4 Å². The predicted octanol–water partition coefficient (Wildman–Crippen LogP) is 5.26. The van der Waals surface area contributed by atoms with Gasteiger partial charge in [0.15, 0.2) is 11.5 Å². The molecule has 1 N–H and O–H groups in total. The summed E-state index contributed by atoms with van der Waals surface area (Å²) in [5, 5.41) is 3.46. The third-order valence-corrected chi connectivity index (χ3v) is 5.54. The Hall–Kier alpha value is -1.66. The highest BCUT2D eigenvalue weighted by Gasteiger charge is 2.26. The van der Waals surface area contributed by atoms with Gasteiger partial charge in [-0.25, -0.2) is 0 Å². The number of methoxy groups -OCH3 is 2. The summed E-state index contributed by atoms with van der Waals surface area (Å²) in [4.78, 5) is 2.57. The molecular formula is C24H36Cl2N2O3. The Kier molecular flexibility index (Phi) is 12.7. The molecule has 5 nitrogen and oxygen atoms in total. The molecule has 1 atom stereocenters. The molecule has 1 fully saturated rings. The Balaban J connectivity index is 0.00000240. The number of unbranched alkanes of at least 4 members (excludes halogenated alkanes) is 1. The van der Waals surface area contributed by atoms with Crippen molar-refractivity contribution in [1.29, 1.82) is 0 Å². The van der Waals surface area contributed by atoms with Crippen molar-refractivity contribution in [1.82, 2.24) is 10.2 Å². The van der Waals surface area contributed by atoms with Gasteiger partial charge in [-0.05, 0) is 18.1 Å². The average Bonchev–Trinajstić information content (AvgIpc) is 2.79. The molecule has 2 aromatic rings. The lowest BCUT2D eigenvalue weighted by Crippen LogP contribution is -2.45. The largest absolute Gasteiger partial charge is 0.493 e. The molecule has 31 heavy (non-hydrogen) atoms. The highest BCUT2D eigenvalue weighted by molar-refractivity contribution is 5.85. The highest BCUT2D eigenvalue weighted by Crippen LogP contribution is 2.41. The number of piperazine rings is 1. The zero-order chi connectivity index (χ0) is 20.5. The molecule has 3 rings (SSSR count). The Morgan fingerprint density at radius 1 is 0.935 bits per heavy atom. The molecular weight excluding hydrogens is 435 g/mol. The first-order chi connectivity index (χ1) is 14.3. The minimum absolute atomic E-state index is 0. The summed E-state index contributed by atoms with van der Waals surface area (Å²) in [6.07, 6.45) is 3.46. The summed E-state index contributed by atoms with van der Waals surface area (Å²) in [7, 11) is 3.36. The van der Waals surface area contributed by atoms with Gasteiger partial charge in [0.2, 0.25) is 0 Å². The van der Waals surface area contributed by atoms with Gasteiger partial charge in [-0.3, -0.25) is 4.90 Å². The van der Waals surface area contributed by atoms with Crippen LogP contribution in [0.15, 0.2) is 42.5 Å². The van der Waals surface area contributed by atoms with E-state index in [-0.39, 0.29) is 24.8 Å². The molecule has 1 heterocycles. The third-order valence-electron chi connectivity index (χ3n) is 5.54. The van der Waals surface area contributed by atoms with Crippen molar-refractivity contribution in [3.8, 4) is 17.2 Å². The second-order valence-corrected chi connectivity index (χ2v) is 7.46. The van der Waals surface area contributed by atoms with Crippen molar-refractivity contribution in [2.24, 2.45) is 0 Å².